The summed E-state index contributed by atoms with van der Waals surface area (Å²) in [4.78, 5) is 11.6. The lowest BCUT2D eigenvalue weighted by Crippen LogP contribution is -2.44. The van der Waals surface area contributed by atoms with E-state index in [2.05, 4.69) is 25.4 Å². The van der Waals surface area contributed by atoms with Crippen molar-refractivity contribution in [3.63, 3.8) is 0 Å². The predicted octanol–water partition coefficient (Wildman–Crippen LogP) is 0.681. The van der Waals surface area contributed by atoms with Gasteiger partial charge >= 0.3 is 0 Å². The first kappa shape index (κ1) is 13.5. The smallest absolute Gasteiger partial charge is 0.230 e. The zero-order valence-electron chi connectivity index (χ0n) is 13.2. The summed E-state index contributed by atoms with van der Waals surface area (Å²) in [5.74, 6) is 1.96. The molecular weight excluding hydrogens is 308 g/mol. The number of aryl methyl sites for hydroxylation is 1. The maximum atomic E-state index is 5.45. The van der Waals surface area contributed by atoms with Crippen LogP contribution in [0.4, 0.5) is 5.95 Å². The van der Waals surface area contributed by atoms with Crippen LogP contribution in [-0.4, -0.2) is 55.5 Å². The minimum absolute atomic E-state index is 0.550. The van der Waals surface area contributed by atoms with Crippen molar-refractivity contribution in [2.24, 2.45) is 7.05 Å². The molecule has 1 aliphatic rings. The van der Waals surface area contributed by atoms with E-state index in [0.29, 0.717) is 17.2 Å². The van der Waals surface area contributed by atoms with Gasteiger partial charge in [-0.05, 0) is 12.1 Å². The van der Waals surface area contributed by atoms with Crippen LogP contribution in [0.2, 0.25) is 0 Å². The second-order valence-electron chi connectivity index (χ2n) is 5.84. The minimum atomic E-state index is 0.550. The fourth-order valence-electron chi connectivity index (χ4n) is 3.06. The molecule has 0 aromatic carbocycles. The van der Waals surface area contributed by atoms with Crippen molar-refractivity contribution in [3.8, 4) is 11.6 Å². The van der Waals surface area contributed by atoms with Gasteiger partial charge < -0.3 is 14.6 Å². The normalized spacial score (nSPS) is 15.6. The standard InChI is InChI=1S/C15H16N8O/c1-21-9-10-12(19-21)18-15(22-6-4-16-5-7-22)23-14(10)17-13(20-23)11-3-2-8-24-11/h2-3,8-9,16H,4-7H2,1H3. The second-order valence-corrected chi connectivity index (χ2v) is 5.84. The van der Waals surface area contributed by atoms with Crippen LogP contribution in [0.3, 0.4) is 0 Å². The number of piperazine rings is 1. The van der Waals surface area contributed by atoms with Gasteiger partial charge in [0.25, 0.3) is 0 Å². The summed E-state index contributed by atoms with van der Waals surface area (Å²) in [5, 5.41) is 13.3. The molecule has 1 saturated heterocycles. The monoisotopic (exact) mass is 324 g/mol. The van der Waals surface area contributed by atoms with E-state index in [9.17, 15) is 0 Å². The van der Waals surface area contributed by atoms with Gasteiger partial charge in [-0.2, -0.15) is 14.6 Å². The minimum Gasteiger partial charge on any atom is -0.461 e. The molecule has 5 rings (SSSR count). The van der Waals surface area contributed by atoms with E-state index in [1.54, 1.807) is 15.5 Å². The van der Waals surface area contributed by atoms with Crippen LogP contribution < -0.4 is 10.2 Å². The highest BCUT2D eigenvalue weighted by molar-refractivity contribution is 5.90. The molecule has 0 saturated carbocycles. The quantitative estimate of drug-likeness (QED) is 0.580. The first-order chi connectivity index (χ1) is 11.8. The van der Waals surface area contributed by atoms with Gasteiger partial charge in [-0.1, -0.05) is 0 Å². The molecule has 0 amide bonds. The Bertz CT molecular complexity index is 1010. The van der Waals surface area contributed by atoms with Crippen molar-refractivity contribution in [2.75, 3.05) is 31.1 Å². The van der Waals surface area contributed by atoms with Gasteiger partial charge in [0, 0.05) is 39.4 Å². The highest BCUT2D eigenvalue weighted by Gasteiger charge is 2.22. The van der Waals surface area contributed by atoms with Gasteiger partial charge in [0.05, 0.1) is 11.6 Å². The van der Waals surface area contributed by atoms with Crippen molar-refractivity contribution in [3.05, 3.63) is 24.6 Å². The Morgan fingerprint density at radius 1 is 1.17 bits per heavy atom. The number of fused-ring (bicyclic) bond motifs is 3. The fraction of sp³-hybridized carbons (Fsp3) is 0.333. The third-order valence-corrected chi connectivity index (χ3v) is 4.19. The molecule has 4 aromatic rings. The summed E-state index contributed by atoms with van der Waals surface area (Å²) in [6.07, 6.45) is 3.54. The van der Waals surface area contributed by atoms with Crippen molar-refractivity contribution in [1.82, 2.24) is 34.7 Å². The molecule has 0 aliphatic carbocycles. The number of anilines is 1. The van der Waals surface area contributed by atoms with Crippen LogP contribution >= 0.6 is 0 Å². The molecule has 1 aliphatic heterocycles. The Labute approximate surface area is 136 Å². The molecule has 24 heavy (non-hydrogen) atoms. The van der Waals surface area contributed by atoms with Crippen molar-refractivity contribution in [1.29, 1.82) is 0 Å². The summed E-state index contributed by atoms with van der Waals surface area (Å²) in [6.45, 7) is 3.58. The average molecular weight is 324 g/mol. The maximum absolute atomic E-state index is 5.45. The topological polar surface area (TPSA) is 89.3 Å². The zero-order chi connectivity index (χ0) is 16.1. The lowest BCUT2D eigenvalue weighted by molar-refractivity contribution is 0.571. The predicted molar refractivity (Wildman–Crippen MR) is 87.8 cm³/mol. The number of hydrogen-bond acceptors (Lipinski definition) is 7. The summed E-state index contributed by atoms with van der Waals surface area (Å²) in [6, 6.07) is 3.68. The molecule has 5 heterocycles. The molecule has 1 N–H and O–H groups in total. The van der Waals surface area contributed by atoms with Crippen molar-refractivity contribution < 1.29 is 4.42 Å². The molecule has 0 atom stereocenters. The number of hydrogen-bond donors (Lipinski definition) is 1. The Kier molecular flexibility index (Phi) is 2.83. The van der Waals surface area contributed by atoms with E-state index < -0.39 is 0 Å². The SMILES string of the molecule is Cn1cc2c(nc(N3CCNCC3)n3nc(-c4ccco4)nc23)n1. The van der Waals surface area contributed by atoms with E-state index >= 15 is 0 Å². The lowest BCUT2D eigenvalue weighted by atomic mass is 10.3. The van der Waals surface area contributed by atoms with E-state index in [0.717, 1.165) is 43.2 Å². The van der Waals surface area contributed by atoms with Gasteiger partial charge in [-0.25, -0.2) is 4.98 Å². The Balaban J connectivity index is 1.79. The molecule has 0 spiro atoms. The van der Waals surface area contributed by atoms with Gasteiger partial charge in [0.2, 0.25) is 11.8 Å². The highest BCUT2D eigenvalue weighted by Crippen LogP contribution is 2.25. The third-order valence-electron chi connectivity index (χ3n) is 4.19. The zero-order valence-corrected chi connectivity index (χ0v) is 13.2. The molecular formula is C15H16N8O. The van der Waals surface area contributed by atoms with Crippen molar-refractivity contribution in [2.45, 2.75) is 0 Å². The maximum Gasteiger partial charge on any atom is 0.230 e. The van der Waals surface area contributed by atoms with Gasteiger partial charge in [0.1, 0.15) is 0 Å². The average Bonchev–Trinajstić information content (AvgIpc) is 3.32. The Morgan fingerprint density at radius 2 is 2.04 bits per heavy atom. The molecule has 0 radical (unpaired) electrons. The summed E-state index contributed by atoms with van der Waals surface area (Å²) < 4.78 is 9.00. The molecule has 0 unspecified atom stereocenters. The number of aromatic nitrogens is 6. The molecule has 1 fully saturated rings. The van der Waals surface area contributed by atoms with Crippen LogP contribution in [0.25, 0.3) is 28.3 Å². The van der Waals surface area contributed by atoms with Gasteiger partial charge in [-0.15, -0.1) is 5.10 Å². The number of furan rings is 1. The van der Waals surface area contributed by atoms with Crippen LogP contribution in [0.1, 0.15) is 0 Å². The number of nitrogens with one attached hydrogen (secondary N) is 1. The van der Waals surface area contributed by atoms with Crippen LogP contribution in [0.15, 0.2) is 29.0 Å². The Hall–Kier alpha value is -2.94. The van der Waals surface area contributed by atoms with Crippen LogP contribution in [0.5, 0.6) is 0 Å². The van der Waals surface area contributed by atoms with E-state index in [4.69, 9.17) is 9.40 Å². The van der Waals surface area contributed by atoms with Gasteiger partial charge in [-0.3, -0.25) is 4.68 Å². The van der Waals surface area contributed by atoms with Crippen LogP contribution in [0, 0.1) is 0 Å². The first-order valence-electron chi connectivity index (χ1n) is 7.89. The lowest BCUT2D eigenvalue weighted by Gasteiger charge is -2.28. The largest absolute Gasteiger partial charge is 0.461 e. The number of nitrogens with zero attached hydrogens (tertiary/aromatic N) is 7. The van der Waals surface area contributed by atoms with Crippen molar-refractivity contribution >= 4 is 22.6 Å². The van der Waals surface area contributed by atoms with E-state index in [-0.39, 0.29) is 0 Å². The van der Waals surface area contributed by atoms with E-state index in [1.165, 1.54) is 0 Å². The summed E-state index contributed by atoms with van der Waals surface area (Å²) in [5.41, 5.74) is 1.42. The highest BCUT2D eigenvalue weighted by atomic mass is 16.3. The van der Waals surface area contributed by atoms with Crippen LogP contribution in [-0.2, 0) is 7.05 Å². The molecule has 9 heteroatoms. The second kappa shape index (κ2) is 5.03. The Morgan fingerprint density at radius 3 is 2.83 bits per heavy atom. The summed E-state index contributed by atoms with van der Waals surface area (Å²) in [7, 11) is 1.88. The number of rotatable bonds is 2. The van der Waals surface area contributed by atoms with E-state index in [1.807, 2.05) is 25.4 Å². The fourth-order valence-corrected chi connectivity index (χ4v) is 3.06. The van der Waals surface area contributed by atoms with Gasteiger partial charge in [0.15, 0.2) is 17.1 Å². The molecule has 4 aromatic heterocycles. The summed E-state index contributed by atoms with van der Waals surface area (Å²) >= 11 is 0. The molecule has 122 valence electrons. The first-order valence-corrected chi connectivity index (χ1v) is 7.89. The molecule has 9 nitrogen and oxygen atoms in total. The third kappa shape index (κ3) is 1.98. The molecule has 0 bridgehead atoms.